The Labute approximate surface area is 86.3 Å². The molecule has 1 N–H and O–H groups in total. The highest BCUT2D eigenvalue weighted by molar-refractivity contribution is 5.13. The van der Waals surface area contributed by atoms with Crippen LogP contribution in [0.5, 0.6) is 0 Å². The molecule has 0 spiro atoms. The Morgan fingerprint density at radius 3 is 2.64 bits per heavy atom. The van der Waals surface area contributed by atoms with Gasteiger partial charge in [-0.05, 0) is 19.0 Å². The number of rotatable bonds is 6. The topological polar surface area (TPSA) is 21.3 Å². The van der Waals surface area contributed by atoms with Crippen molar-refractivity contribution in [3.63, 3.8) is 0 Å². The van der Waals surface area contributed by atoms with Gasteiger partial charge in [0, 0.05) is 6.54 Å². The summed E-state index contributed by atoms with van der Waals surface area (Å²) in [5.41, 5.74) is 1.23. The standard InChI is InChI=1S/C12H19NO/c1-3-13-9-11(2)14-10-12-7-5-4-6-8-12/h4-8,11,13H,3,9-10H2,1-2H3. The number of hydrogen-bond acceptors (Lipinski definition) is 2. The maximum absolute atomic E-state index is 5.67. The fourth-order valence-electron chi connectivity index (χ4n) is 1.22. The van der Waals surface area contributed by atoms with Crippen LogP contribution in [-0.2, 0) is 11.3 Å². The van der Waals surface area contributed by atoms with E-state index < -0.39 is 0 Å². The Morgan fingerprint density at radius 1 is 1.29 bits per heavy atom. The molecule has 1 aromatic carbocycles. The van der Waals surface area contributed by atoms with Gasteiger partial charge in [0.25, 0.3) is 0 Å². The van der Waals surface area contributed by atoms with Crippen LogP contribution in [0.25, 0.3) is 0 Å². The van der Waals surface area contributed by atoms with Crippen LogP contribution in [0.2, 0.25) is 0 Å². The summed E-state index contributed by atoms with van der Waals surface area (Å²) in [4.78, 5) is 0. The molecule has 0 radical (unpaired) electrons. The number of hydrogen-bond donors (Lipinski definition) is 1. The summed E-state index contributed by atoms with van der Waals surface area (Å²) in [5.74, 6) is 0. The van der Waals surface area contributed by atoms with Crippen molar-refractivity contribution in [1.82, 2.24) is 5.32 Å². The third kappa shape index (κ3) is 4.40. The van der Waals surface area contributed by atoms with Crippen molar-refractivity contribution in [2.75, 3.05) is 13.1 Å². The average molecular weight is 193 g/mol. The Morgan fingerprint density at radius 2 is 2.00 bits per heavy atom. The number of likely N-dealkylation sites (N-methyl/N-ethyl adjacent to an activating group) is 1. The molecule has 0 aliphatic rings. The van der Waals surface area contributed by atoms with E-state index in [-0.39, 0.29) is 6.10 Å². The molecule has 1 rings (SSSR count). The van der Waals surface area contributed by atoms with Gasteiger partial charge in [-0.15, -0.1) is 0 Å². The Hall–Kier alpha value is -0.860. The predicted octanol–water partition coefficient (Wildman–Crippen LogP) is 2.20. The van der Waals surface area contributed by atoms with Gasteiger partial charge in [0.2, 0.25) is 0 Å². The van der Waals surface area contributed by atoms with E-state index in [1.807, 2.05) is 18.2 Å². The van der Waals surface area contributed by atoms with Crippen LogP contribution in [0, 0.1) is 0 Å². The van der Waals surface area contributed by atoms with Crippen LogP contribution in [0.4, 0.5) is 0 Å². The first-order valence-corrected chi connectivity index (χ1v) is 5.19. The minimum Gasteiger partial charge on any atom is -0.373 e. The molecule has 0 saturated heterocycles. The van der Waals surface area contributed by atoms with Crippen LogP contribution in [-0.4, -0.2) is 19.2 Å². The van der Waals surface area contributed by atoms with Crippen LogP contribution < -0.4 is 5.32 Å². The molecule has 0 saturated carbocycles. The normalized spacial score (nSPS) is 12.7. The van der Waals surface area contributed by atoms with E-state index in [1.54, 1.807) is 0 Å². The first-order valence-electron chi connectivity index (χ1n) is 5.19. The summed E-state index contributed by atoms with van der Waals surface area (Å²) in [6.07, 6.45) is 0.273. The number of ether oxygens (including phenoxy) is 1. The maximum atomic E-state index is 5.67. The molecule has 0 bridgehead atoms. The molecular formula is C12H19NO. The minimum absolute atomic E-state index is 0.273. The summed E-state index contributed by atoms with van der Waals surface area (Å²) >= 11 is 0. The van der Waals surface area contributed by atoms with E-state index in [2.05, 4.69) is 31.3 Å². The van der Waals surface area contributed by atoms with Crippen LogP contribution in [0.3, 0.4) is 0 Å². The largest absolute Gasteiger partial charge is 0.373 e. The van der Waals surface area contributed by atoms with Gasteiger partial charge >= 0.3 is 0 Å². The van der Waals surface area contributed by atoms with E-state index in [0.29, 0.717) is 6.61 Å². The van der Waals surface area contributed by atoms with Crippen LogP contribution in [0.15, 0.2) is 30.3 Å². The molecule has 0 aliphatic heterocycles. The first-order chi connectivity index (χ1) is 6.83. The van der Waals surface area contributed by atoms with Gasteiger partial charge in [-0.2, -0.15) is 0 Å². The van der Waals surface area contributed by atoms with Crippen molar-refractivity contribution in [1.29, 1.82) is 0 Å². The molecule has 78 valence electrons. The summed E-state index contributed by atoms with van der Waals surface area (Å²) in [5, 5.41) is 3.26. The second kappa shape index (κ2) is 6.57. The molecule has 0 aromatic heterocycles. The molecule has 1 unspecified atom stereocenters. The third-order valence-electron chi connectivity index (χ3n) is 2.06. The second-order valence-corrected chi connectivity index (χ2v) is 3.41. The zero-order valence-electron chi connectivity index (χ0n) is 8.99. The Kier molecular flexibility index (Phi) is 5.27. The highest BCUT2D eigenvalue weighted by Crippen LogP contribution is 2.02. The number of benzene rings is 1. The highest BCUT2D eigenvalue weighted by atomic mass is 16.5. The second-order valence-electron chi connectivity index (χ2n) is 3.41. The van der Waals surface area contributed by atoms with Crippen LogP contribution >= 0.6 is 0 Å². The van der Waals surface area contributed by atoms with Crippen molar-refractivity contribution in [2.45, 2.75) is 26.6 Å². The predicted molar refractivity (Wildman–Crippen MR) is 59.2 cm³/mol. The quantitative estimate of drug-likeness (QED) is 0.748. The van der Waals surface area contributed by atoms with Crippen molar-refractivity contribution >= 4 is 0 Å². The molecule has 0 amide bonds. The lowest BCUT2D eigenvalue weighted by Crippen LogP contribution is -2.26. The smallest absolute Gasteiger partial charge is 0.0721 e. The van der Waals surface area contributed by atoms with Gasteiger partial charge in [-0.3, -0.25) is 0 Å². The molecule has 2 heteroatoms. The average Bonchev–Trinajstić information content (AvgIpc) is 2.25. The zero-order valence-corrected chi connectivity index (χ0v) is 8.99. The molecule has 0 fully saturated rings. The molecule has 1 aromatic rings. The number of nitrogens with one attached hydrogen (secondary N) is 1. The maximum Gasteiger partial charge on any atom is 0.0721 e. The molecule has 1 atom stereocenters. The molecule has 0 aliphatic carbocycles. The van der Waals surface area contributed by atoms with Gasteiger partial charge < -0.3 is 10.1 Å². The summed E-state index contributed by atoms with van der Waals surface area (Å²) in [7, 11) is 0. The molecule has 2 nitrogen and oxygen atoms in total. The van der Waals surface area contributed by atoms with E-state index in [9.17, 15) is 0 Å². The van der Waals surface area contributed by atoms with Gasteiger partial charge in [0.05, 0.1) is 12.7 Å². The molecule has 14 heavy (non-hydrogen) atoms. The van der Waals surface area contributed by atoms with E-state index in [0.717, 1.165) is 13.1 Å². The van der Waals surface area contributed by atoms with E-state index in [4.69, 9.17) is 4.74 Å². The summed E-state index contributed by atoms with van der Waals surface area (Å²) in [6, 6.07) is 10.3. The summed E-state index contributed by atoms with van der Waals surface area (Å²) < 4.78 is 5.67. The van der Waals surface area contributed by atoms with Gasteiger partial charge in [-0.1, -0.05) is 37.3 Å². The van der Waals surface area contributed by atoms with Crippen molar-refractivity contribution in [3.8, 4) is 0 Å². The Bertz CT molecular complexity index is 235. The molecule has 0 heterocycles. The van der Waals surface area contributed by atoms with E-state index >= 15 is 0 Å². The van der Waals surface area contributed by atoms with Gasteiger partial charge in [-0.25, -0.2) is 0 Å². The fraction of sp³-hybridized carbons (Fsp3) is 0.500. The lowest BCUT2D eigenvalue weighted by atomic mass is 10.2. The highest BCUT2D eigenvalue weighted by Gasteiger charge is 2.00. The summed E-state index contributed by atoms with van der Waals surface area (Å²) in [6.45, 7) is 6.81. The van der Waals surface area contributed by atoms with E-state index in [1.165, 1.54) is 5.56 Å². The Balaban J connectivity index is 2.20. The molecular weight excluding hydrogens is 174 g/mol. The van der Waals surface area contributed by atoms with Crippen molar-refractivity contribution in [3.05, 3.63) is 35.9 Å². The first kappa shape index (κ1) is 11.2. The van der Waals surface area contributed by atoms with Crippen molar-refractivity contribution in [2.24, 2.45) is 0 Å². The minimum atomic E-state index is 0.273. The van der Waals surface area contributed by atoms with Gasteiger partial charge in [0.1, 0.15) is 0 Å². The lowest BCUT2D eigenvalue weighted by Gasteiger charge is -2.13. The van der Waals surface area contributed by atoms with Crippen LogP contribution in [0.1, 0.15) is 19.4 Å². The van der Waals surface area contributed by atoms with Crippen molar-refractivity contribution < 1.29 is 4.74 Å². The van der Waals surface area contributed by atoms with Gasteiger partial charge in [0.15, 0.2) is 0 Å². The fourth-order valence-corrected chi connectivity index (χ4v) is 1.22. The zero-order chi connectivity index (χ0) is 10.2. The third-order valence-corrected chi connectivity index (χ3v) is 2.06. The lowest BCUT2D eigenvalue weighted by molar-refractivity contribution is 0.0536. The monoisotopic (exact) mass is 193 g/mol. The SMILES string of the molecule is CCNCC(C)OCc1ccccc1.